The van der Waals surface area contributed by atoms with E-state index in [4.69, 9.17) is 0 Å². The lowest BCUT2D eigenvalue weighted by Gasteiger charge is -2.31. The van der Waals surface area contributed by atoms with Gasteiger partial charge in [-0.25, -0.2) is 0 Å². The number of amides is 3. The number of nitrogens with zero attached hydrogens (tertiary/aromatic N) is 1. The van der Waals surface area contributed by atoms with Crippen LogP contribution >= 0.6 is 0 Å². The third kappa shape index (κ3) is 4.81. The van der Waals surface area contributed by atoms with Crippen molar-refractivity contribution in [1.82, 2.24) is 10.2 Å². The summed E-state index contributed by atoms with van der Waals surface area (Å²) in [7, 11) is 0. The van der Waals surface area contributed by atoms with Crippen molar-refractivity contribution in [3.05, 3.63) is 29.8 Å². The van der Waals surface area contributed by atoms with Gasteiger partial charge in [0.25, 0.3) is 5.91 Å². The Bertz CT molecular complexity index is 590. The lowest BCUT2D eigenvalue weighted by atomic mass is 9.95. The number of hydrogen-bond donors (Lipinski definition) is 2. The first-order valence-corrected chi connectivity index (χ1v) is 8.46. The van der Waals surface area contributed by atoms with Gasteiger partial charge >= 0.3 is 0 Å². The van der Waals surface area contributed by atoms with E-state index in [0.29, 0.717) is 43.7 Å². The first kappa shape index (κ1) is 18.0. The first-order chi connectivity index (χ1) is 11.5. The normalized spacial score (nSPS) is 15.0. The topological polar surface area (TPSA) is 78.5 Å². The fourth-order valence-corrected chi connectivity index (χ4v) is 2.82. The third-order valence-corrected chi connectivity index (χ3v) is 4.15. The van der Waals surface area contributed by atoms with Crippen molar-refractivity contribution >= 4 is 23.4 Å². The van der Waals surface area contributed by atoms with Gasteiger partial charge in [0, 0.05) is 43.7 Å². The summed E-state index contributed by atoms with van der Waals surface area (Å²) in [5, 5.41) is 5.60. The minimum Gasteiger partial charge on any atom is -0.356 e. The Kier molecular flexibility index (Phi) is 6.35. The summed E-state index contributed by atoms with van der Waals surface area (Å²) in [5.74, 6) is -0.0689. The van der Waals surface area contributed by atoms with E-state index in [1.54, 1.807) is 29.2 Å². The molecule has 24 heavy (non-hydrogen) atoms. The molecule has 1 saturated heterocycles. The van der Waals surface area contributed by atoms with E-state index in [2.05, 4.69) is 10.6 Å². The predicted octanol–water partition coefficient (Wildman–Crippen LogP) is 2.02. The molecule has 0 radical (unpaired) electrons. The van der Waals surface area contributed by atoms with Gasteiger partial charge in [0.05, 0.1) is 0 Å². The van der Waals surface area contributed by atoms with Crippen molar-refractivity contribution in [3.8, 4) is 0 Å². The molecule has 0 bridgehead atoms. The molecule has 6 nitrogen and oxygen atoms in total. The van der Waals surface area contributed by atoms with E-state index < -0.39 is 0 Å². The smallest absolute Gasteiger partial charge is 0.253 e. The number of anilines is 1. The van der Waals surface area contributed by atoms with Gasteiger partial charge in [0.15, 0.2) is 0 Å². The van der Waals surface area contributed by atoms with Crippen LogP contribution in [0.25, 0.3) is 0 Å². The lowest BCUT2D eigenvalue weighted by Crippen LogP contribution is -2.43. The molecule has 3 amide bonds. The Labute approximate surface area is 142 Å². The second-order valence-corrected chi connectivity index (χ2v) is 6.12. The van der Waals surface area contributed by atoms with Crippen LogP contribution in [0.15, 0.2) is 24.3 Å². The summed E-state index contributed by atoms with van der Waals surface area (Å²) in [5.41, 5.74) is 1.27. The van der Waals surface area contributed by atoms with Crippen LogP contribution in [-0.4, -0.2) is 42.3 Å². The van der Waals surface area contributed by atoms with Crippen molar-refractivity contribution < 1.29 is 14.4 Å². The molecule has 1 fully saturated rings. The van der Waals surface area contributed by atoms with Crippen molar-refractivity contribution in [2.24, 2.45) is 5.92 Å². The number of carbonyl (C=O) groups is 3. The Morgan fingerprint density at radius 1 is 1.12 bits per heavy atom. The molecule has 2 rings (SSSR count). The molecule has 6 heteroatoms. The third-order valence-electron chi connectivity index (χ3n) is 4.15. The van der Waals surface area contributed by atoms with Gasteiger partial charge < -0.3 is 15.5 Å². The van der Waals surface area contributed by atoms with Crippen LogP contribution in [0.5, 0.6) is 0 Å². The lowest BCUT2D eigenvalue weighted by molar-refractivity contribution is -0.126. The maximum Gasteiger partial charge on any atom is 0.253 e. The standard InChI is InChI=1S/C18H25N3O3/c1-3-10-19-17(23)14-8-11-21(12-9-14)18(24)15-4-6-16(7-5-15)20-13(2)22/h4-7,14H,3,8-12H2,1-2H3,(H,19,23)(H,20,22). The Morgan fingerprint density at radius 2 is 1.75 bits per heavy atom. The summed E-state index contributed by atoms with van der Waals surface area (Å²) in [6.07, 6.45) is 2.33. The van der Waals surface area contributed by atoms with Gasteiger partial charge in [-0.15, -0.1) is 0 Å². The monoisotopic (exact) mass is 331 g/mol. The zero-order valence-electron chi connectivity index (χ0n) is 14.3. The van der Waals surface area contributed by atoms with Crippen molar-refractivity contribution in [1.29, 1.82) is 0 Å². The van der Waals surface area contributed by atoms with Crippen LogP contribution < -0.4 is 10.6 Å². The van der Waals surface area contributed by atoms with Crippen LogP contribution in [-0.2, 0) is 9.59 Å². The SMILES string of the molecule is CCCNC(=O)C1CCN(C(=O)c2ccc(NC(C)=O)cc2)CC1. The molecule has 0 unspecified atom stereocenters. The first-order valence-electron chi connectivity index (χ1n) is 8.46. The fraction of sp³-hybridized carbons (Fsp3) is 0.500. The highest BCUT2D eigenvalue weighted by Crippen LogP contribution is 2.20. The molecular formula is C18H25N3O3. The summed E-state index contributed by atoms with van der Waals surface area (Å²) in [6, 6.07) is 6.88. The molecule has 1 aliphatic rings. The zero-order valence-corrected chi connectivity index (χ0v) is 14.3. The highest BCUT2D eigenvalue weighted by Gasteiger charge is 2.27. The second kappa shape index (κ2) is 8.47. The van der Waals surface area contributed by atoms with Crippen LogP contribution in [0.4, 0.5) is 5.69 Å². The van der Waals surface area contributed by atoms with E-state index in [1.165, 1.54) is 6.92 Å². The zero-order chi connectivity index (χ0) is 17.5. The van der Waals surface area contributed by atoms with Gasteiger partial charge in [0.1, 0.15) is 0 Å². The molecule has 0 aliphatic carbocycles. The van der Waals surface area contributed by atoms with Gasteiger partial charge in [0.2, 0.25) is 11.8 Å². The number of likely N-dealkylation sites (tertiary alicyclic amines) is 1. The van der Waals surface area contributed by atoms with Crippen molar-refractivity contribution in [2.75, 3.05) is 25.0 Å². The second-order valence-electron chi connectivity index (χ2n) is 6.12. The number of piperidine rings is 1. The molecular weight excluding hydrogens is 306 g/mol. The number of nitrogens with one attached hydrogen (secondary N) is 2. The average Bonchev–Trinajstić information content (AvgIpc) is 2.59. The summed E-state index contributed by atoms with van der Waals surface area (Å²) >= 11 is 0. The van der Waals surface area contributed by atoms with Crippen LogP contribution in [0.1, 0.15) is 43.5 Å². The molecule has 2 N–H and O–H groups in total. The molecule has 1 aromatic carbocycles. The number of hydrogen-bond acceptors (Lipinski definition) is 3. The van der Waals surface area contributed by atoms with E-state index >= 15 is 0 Å². The Balaban J connectivity index is 1.88. The summed E-state index contributed by atoms with van der Waals surface area (Å²) < 4.78 is 0. The maximum atomic E-state index is 12.5. The largest absolute Gasteiger partial charge is 0.356 e. The quantitative estimate of drug-likeness (QED) is 0.866. The minimum atomic E-state index is -0.141. The molecule has 0 aromatic heterocycles. The van der Waals surface area contributed by atoms with E-state index in [1.807, 2.05) is 6.92 Å². The van der Waals surface area contributed by atoms with Crippen molar-refractivity contribution in [3.63, 3.8) is 0 Å². The van der Waals surface area contributed by atoms with Gasteiger partial charge in [-0.1, -0.05) is 6.92 Å². The van der Waals surface area contributed by atoms with Crippen LogP contribution in [0.2, 0.25) is 0 Å². The number of rotatable bonds is 5. The molecule has 0 atom stereocenters. The minimum absolute atomic E-state index is 0.00254. The predicted molar refractivity (Wildman–Crippen MR) is 92.7 cm³/mol. The molecule has 1 aromatic rings. The molecule has 0 spiro atoms. The molecule has 1 heterocycles. The van der Waals surface area contributed by atoms with Gasteiger partial charge in [-0.2, -0.15) is 0 Å². The average molecular weight is 331 g/mol. The maximum absolute atomic E-state index is 12.5. The summed E-state index contributed by atoms with van der Waals surface area (Å²) in [6.45, 7) is 5.37. The number of carbonyl (C=O) groups excluding carboxylic acids is 3. The van der Waals surface area contributed by atoms with Crippen LogP contribution in [0, 0.1) is 5.92 Å². The van der Waals surface area contributed by atoms with Crippen molar-refractivity contribution in [2.45, 2.75) is 33.1 Å². The molecule has 0 saturated carbocycles. The Morgan fingerprint density at radius 3 is 2.29 bits per heavy atom. The fourth-order valence-electron chi connectivity index (χ4n) is 2.82. The highest BCUT2D eigenvalue weighted by molar-refractivity contribution is 5.95. The van der Waals surface area contributed by atoms with Gasteiger partial charge in [-0.05, 0) is 43.5 Å². The van der Waals surface area contributed by atoms with E-state index in [0.717, 1.165) is 6.42 Å². The highest BCUT2D eigenvalue weighted by atomic mass is 16.2. The Hall–Kier alpha value is -2.37. The summed E-state index contributed by atoms with van der Waals surface area (Å²) in [4.78, 5) is 37.3. The van der Waals surface area contributed by atoms with E-state index in [9.17, 15) is 14.4 Å². The van der Waals surface area contributed by atoms with Crippen LogP contribution in [0.3, 0.4) is 0 Å². The molecule has 1 aliphatic heterocycles. The van der Waals surface area contributed by atoms with Gasteiger partial charge in [-0.3, -0.25) is 14.4 Å². The van der Waals surface area contributed by atoms with E-state index in [-0.39, 0.29) is 23.6 Å². The molecule has 130 valence electrons. The number of benzene rings is 1.